The maximum Gasteiger partial charge on any atom is 0.330 e. The van der Waals surface area contributed by atoms with Crippen LogP contribution in [0.25, 0.3) is 22.4 Å². The number of aromatic amines is 2. The predicted octanol–water partition coefficient (Wildman–Crippen LogP) is 1.99. The fraction of sp³-hybridized carbons (Fsp3) is 0.500. The molecule has 207 valence electrons. The fourth-order valence-corrected chi connectivity index (χ4v) is 5.54. The second-order valence-electron chi connectivity index (χ2n) is 10.9. The number of benzene rings is 1. The van der Waals surface area contributed by atoms with E-state index in [2.05, 4.69) is 15.0 Å². The molecule has 13 heteroatoms. The van der Waals surface area contributed by atoms with Crippen molar-refractivity contribution >= 4 is 23.0 Å². The number of hydroxylamine groups is 2. The van der Waals surface area contributed by atoms with Crippen molar-refractivity contribution in [1.29, 1.82) is 0 Å². The molecule has 2 aliphatic heterocycles. The highest BCUT2D eigenvalue weighted by atomic mass is 16.6. The van der Waals surface area contributed by atoms with Crippen LogP contribution in [0.4, 0.5) is 0 Å². The molecule has 1 radical (unpaired) electrons. The van der Waals surface area contributed by atoms with Crippen molar-refractivity contribution < 1.29 is 29.0 Å². The number of rotatable bonds is 5. The Morgan fingerprint density at radius 2 is 1.74 bits per heavy atom. The summed E-state index contributed by atoms with van der Waals surface area (Å²) in [6, 6.07) is 3.71. The summed E-state index contributed by atoms with van der Waals surface area (Å²) < 4.78 is 17.5. The summed E-state index contributed by atoms with van der Waals surface area (Å²) in [6.07, 6.45) is -1.04. The standard InChI is InChI=1S/C26H30N5O8/c1-12(32)37-11-20-19(38-13(2)33)9-21(39-20)30-10-14(23(34)29-24(30)35)22-27-17-7-15-16(8-18(17)28-22)26(5,6)31(36)25(15,3)4/h7-8,10,19-21H,9,11H2,1-6H3,(H,27,28)(H,29,34,35)/t19-,20+,21+/m0/s1. The van der Waals surface area contributed by atoms with Gasteiger partial charge in [0.05, 0.1) is 27.7 Å². The Bertz CT molecular complexity index is 1550. The number of H-pyrrole nitrogens is 2. The van der Waals surface area contributed by atoms with Crippen LogP contribution in [0.3, 0.4) is 0 Å². The number of hydrogen-bond donors (Lipinski definition) is 2. The van der Waals surface area contributed by atoms with E-state index < -0.39 is 52.7 Å². The Morgan fingerprint density at radius 3 is 2.38 bits per heavy atom. The Hall–Kier alpha value is -3.81. The zero-order chi connectivity index (χ0) is 28.4. The molecule has 13 nitrogen and oxygen atoms in total. The normalized spacial score (nSPS) is 23.6. The molecule has 1 saturated heterocycles. The van der Waals surface area contributed by atoms with Gasteiger partial charge in [-0.15, -0.1) is 10.3 Å². The van der Waals surface area contributed by atoms with E-state index >= 15 is 0 Å². The third-order valence-corrected chi connectivity index (χ3v) is 7.44. The topological polar surface area (TPSA) is 169 Å². The van der Waals surface area contributed by atoms with Crippen LogP contribution in [0.5, 0.6) is 0 Å². The summed E-state index contributed by atoms with van der Waals surface area (Å²) >= 11 is 0. The zero-order valence-electron chi connectivity index (χ0n) is 22.5. The van der Waals surface area contributed by atoms with Crippen LogP contribution >= 0.6 is 0 Å². The number of carbonyl (C=O) groups excluding carboxylic acids is 2. The number of nitrogens with zero attached hydrogens (tertiary/aromatic N) is 3. The van der Waals surface area contributed by atoms with Crippen LogP contribution in [0.1, 0.15) is 65.3 Å². The van der Waals surface area contributed by atoms with Gasteiger partial charge < -0.3 is 19.2 Å². The van der Waals surface area contributed by atoms with E-state index in [9.17, 15) is 24.4 Å². The molecular formula is C26H30N5O8. The van der Waals surface area contributed by atoms with Gasteiger partial charge in [0.2, 0.25) is 0 Å². The maximum absolute atomic E-state index is 13.0. The van der Waals surface area contributed by atoms with Gasteiger partial charge in [0, 0.05) is 26.5 Å². The quantitative estimate of drug-likeness (QED) is 0.460. The van der Waals surface area contributed by atoms with E-state index in [0.29, 0.717) is 11.0 Å². The number of imidazole rings is 1. The van der Waals surface area contributed by atoms with Gasteiger partial charge in [-0.1, -0.05) is 0 Å². The first-order valence-corrected chi connectivity index (χ1v) is 12.5. The van der Waals surface area contributed by atoms with Crippen LogP contribution in [-0.2, 0) is 40.1 Å². The van der Waals surface area contributed by atoms with Crippen molar-refractivity contribution in [2.24, 2.45) is 0 Å². The Balaban J connectivity index is 1.53. The first-order valence-electron chi connectivity index (χ1n) is 12.5. The smallest absolute Gasteiger partial charge is 0.330 e. The Kier molecular flexibility index (Phi) is 6.28. The van der Waals surface area contributed by atoms with Gasteiger partial charge >= 0.3 is 17.6 Å². The van der Waals surface area contributed by atoms with Gasteiger partial charge in [-0.05, 0) is 51.0 Å². The van der Waals surface area contributed by atoms with Crippen molar-refractivity contribution in [2.45, 2.75) is 77.5 Å². The molecule has 3 aromatic rings. The van der Waals surface area contributed by atoms with Gasteiger partial charge in [-0.2, -0.15) is 0 Å². The van der Waals surface area contributed by atoms with E-state index in [4.69, 9.17) is 14.2 Å². The van der Waals surface area contributed by atoms with Gasteiger partial charge in [-0.3, -0.25) is 23.9 Å². The SMILES string of the molecule is CC(=O)OC[C@H]1O[C@@H](n2cc(-c3nc4cc5c(cc4[nH]3)C(C)(C)N([O])C5(C)C)c(=O)[nH]c2=O)C[C@@H]1OC(C)=O. The molecule has 0 bridgehead atoms. The summed E-state index contributed by atoms with van der Waals surface area (Å²) in [6.45, 7) is 9.74. The molecule has 5 rings (SSSR count). The fourth-order valence-electron chi connectivity index (χ4n) is 5.54. The van der Waals surface area contributed by atoms with Crippen molar-refractivity contribution in [1.82, 2.24) is 24.6 Å². The number of nitrogens with one attached hydrogen (secondary N) is 2. The van der Waals surface area contributed by atoms with Crippen LogP contribution in [0.2, 0.25) is 0 Å². The molecule has 0 unspecified atom stereocenters. The van der Waals surface area contributed by atoms with Crippen LogP contribution in [0.15, 0.2) is 27.9 Å². The second-order valence-corrected chi connectivity index (χ2v) is 10.9. The molecule has 2 aliphatic rings. The lowest BCUT2D eigenvalue weighted by molar-refractivity contribution is -0.266. The molecule has 0 spiro atoms. The van der Waals surface area contributed by atoms with Crippen LogP contribution in [0, 0.1) is 0 Å². The molecule has 0 saturated carbocycles. The minimum atomic E-state index is -0.907. The molecular weight excluding hydrogens is 510 g/mol. The van der Waals surface area contributed by atoms with Gasteiger partial charge in [0.1, 0.15) is 30.9 Å². The lowest BCUT2D eigenvalue weighted by Gasteiger charge is -2.32. The molecule has 39 heavy (non-hydrogen) atoms. The third kappa shape index (κ3) is 4.45. The van der Waals surface area contributed by atoms with Crippen molar-refractivity contribution in [3.05, 3.63) is 50.3 Å². The number of aromatic nitrogens is 4. The monoisotopic (exact) mass is 540 g/mol. The van der Waals surface area contributed by atoms with E-state index in [1.54, 1.807) is 0 Å². The number of ether oxygens (including phenoxy) is 3. The van der Waals surface area contributed by atoms with Crippen LogP contribution in [-0.4, -0.2) is 55.3 Å². The Morgan fingerprint density at radius 1 is 1.08 bits per heavy atom. The molecule has 0 aliphatic carbocycles. The summed E-state index contributed by atoms with van der Waals surface area (Å²) in [4.78, 5) is 58.5. The average molecular weight is 541 g/mol. The molecule has 2 aromatic heterocycles. The molecule has 2 N–H and O–H groups in total. The number of carbonyl (C=O) groups is 2. The minimum absolute atomic E-state index is 0.0889. The maximum atomic E-state index is 13.0. The summed E-state index contributed by atoms with van der Waals surface area (Å²) in [5, 5.41) is 14.0. The van der Waals surface area contributed by atoms with Gasteiger partial charge in [0.15, 0.2) is 0 Å². The van der Waals surface area contributed by atoms with E-state index in [-0.39, 0.29) is 24.4 Å². The van der Waals surface area contributed by atoms with Crippen molar-refractivity contribution in [3.63, 3.8) is 0 Å². The average Bonchev–Trinajstić information content (AvgIpc) is 3.47. The molecule has 0 amide bonds. The van der Waals surface area contributed by atoms with E-state index in [0.717, 1.165) is 16.2 Å². The highest BCUT2D eigenvalue weighted by Gasteiger charge is 2.50. The van der Waals surface area contributed by atoms with E-state index in [1.807, 2.05) is 39.8 Å². The zero-order valence-corrected chi connectivity index (χ0v) is 22.5. The minimum Gasteiger partial charge on any atom is -0.463 e. The molecule has 4 heterocycles. The first-order chi connectivity index (χ1) is 18.2. The highest BCUT2D eigenvalue weighted by molar-refractivity contribution is 5.82. The predicted molar refractivity (Wildman–Crippen MR) is 136 cm³/mol. The number of hydrogen-bond acceptors (Lipinski definition) is 9. The van der Waals surface area contributed by atoms with Gasteiger partial charge in [0.25, 0.3) is 5.56 Å². The lowest BCUT2D eigenvalue weighted by Crippen LogP contribution is -2.41. The third-order valence-electron chi connectivity index (χ3n) is 7.44. The Labute approximate surface area is 222 Å². The number of fused-ring (bicyclic) bond motifs is 2. The first kappa shape index (κ1) is 26.8. The summed E-state index contributed by atoms with van der Waals surface area (Å²) in [5.74, 6) is -0.853. The van der Waals surface area contributed by atoms with Crippen LogP contribution < -0.4 is 11.2 Å². The second kappa shape index (κ2) is 9.14. The molecule has 3 atom stereocenters. The van der Waals surface area contributed by atoms with Crippen molar-refractivity contribution in [2.75, 3.05) is 6.61 Å². The lowest BCUT2D eigenvalue weighted by atomic mass is 9.90. The molecule has 1 fully saturated rings. The van der Waals surface area contributed by atoms with Crippen molar-refractivity contribution in [3.8, 4) is 11.4 Å². The van der Waals surface area contributed by atoms with Gasteiger partial charge in [-0.25, -0.2) is 9.78 Å². The summed E-state index contributed by atoms with van der Waals surface area (Å²) in [5.41, 5.74) is 0.0909. The molecule has 1 aromatic carbocycles. The number of esters is 2. The van der Waals surface area contributed by atoms with E-state index in [1.165, 1.54) is 24.6 Å². The summed E-state index contributed by atoms with van der Waals surface area (Å²) in [7, 11) is 0. The highest BCUT2D eigenvalue weighted by Crippen LogP contribution is 2.49. The largest absolute Gasteiger partial charge is 0.463 e.